The Balaban J connectivity index is 2.08. The van der Waals surface area contributed by atoms with Crippen molar-refractivity contribution in [2.75, 3.05) is 23.1 Å². The molecule has 0 aliphatic carbocycles. The molecule has 0 unspecified atom stereocenters. The Morgan fingerprint density at radius 3 is 2.44 bits per heavy atom. The van der Waals surface area contributed by atoms with E-state index in [1.54, 1.807) is 31.2 Å². The van der Waals surface area contributed by atoms with E-state index in [0.29, 0.717) is 17.1 Å². The summed E-state index contributed by atoms with van der Waals surface area (Å²) in [5.41, 5.74) is 1.45. The van der Waals surface area contributed by atoms with Gasteiger partial charge in [0.15, 0.2) is 0 Å². The van der Waals surface area contributed by atoms with Crippen LogP contribution in [0.4, 0.5) is 22.7 Å². The first kappa shape index (κ1) is 19.7. The molecule has 0 saturated carbocycles. The van der Waals surface area contributed by atoms with E-state index in [4.69, 9.17) is 4.74 Å². The molecule has 9 heteroatoms. The Hall–Kier alpha value is -3.62. The smallest absolute Gasteiger partial charge is 0.273 e. The quantitative estimate of drug-likeness (QED) is 0.507. The molecule has 3 N–H and O–H groups in total. The summed E-state index contributed by atoms with van der Waals surface area (Å²) in [6.45, 7) is 3.08. The second-order valence-corrected chi connectivity index (χ2v) is 5.76. The van der Waals surface area contributed by atoms with Crippen molar-refractivity contribution in [2.45, 2.75) is 19.9 Å². The topological polar surface area (TPSA) is 123 Å². The van der Waals surface area contributed by atoms with E-state index in [9.17, 15) is 19.7 Å². The Kier molecular flexibility index (Phi) is 6.32. The number of carbonyl (C=O) groups is 2. The lowest BCUT2D eigenvalue weighted by atomic mass is 10.2. The molecule has 0 bridgehead atoms. The number of methoxy groups -OCH3 is 1. The lowest BCUT2D eigenvalue weighted by Crippen LogP contribution is -2.32. The number of nitrogens with zero attached hydrogens (tertiary/aromatic N) is 1. The average molecular weight is 372 g/mol. The molecule has 27 heavy (non-hydrogen) atoms. The molecular formula is C18H20N4O5. The van der Waals surface area contributed by atoms with Crippen molar-refractivity contribution in [1.29, 1.82) is 0 Å². The maximum absolute atomic E-state index is 12.4. The molecular weight excluding hydrogens is 352 g/mol. The highest BCUT2D eigenvalue weighted by molar-refractivity contribution is 5.97. The fraction of sp³-hybridized carbons (Fsp3) is 0.222. The second-order valence-electron chi connectivity index (χ2n) is 5.76. The highest BCUT2D eigenvalue weighted by Crippen LogP contribution is 2.29. The normalized spacial score (nSPS) is 11.2. The van der Waals surface area contributed by atoms with Gasteiger partial charge in [0.2, 0.25) is 11.8 Å². The molecule has 0 saturated heterocycles. The third-order valence-electron chi connectivity index (χ3n) is 3.61. The average Bonchev–Trinajstić information content (AvgIpc) is 2.61. The SMILES string of the molecule is COc1cc([N+](=O)[O-])ccc1NC(=O)[C@@H](C)Nc1cccc(NC(C)=O)c1. The van der Waals surface area contributed by atoms with Gasteiger partial charge in [-0.2, -0.15) is 0 Å². The van der Waals surface area contributed by atoms with Crippen LogP contribution in [-0.4, -0.2) is 29.9 Å². The molecule has 0 aliphatic heterocycles. The zero-order valence-electron chi connectivity index (χ0n) is 15.1. The first-order valence-electron chi connectivity index (χ1n) is 8.07. The summed E-state index contributed by atoms with van der Waals surface area (Å²) >= 11 is 0. The van der Waals surface area contributed by atoms with Crippen LogP contribution in [0, 0.1) is 10.1 Å². The van der Waals surface area contributed by atoms with Gasteiger partial charge in [0.1, 0.15) is 11.8 Å². The summed E-state index contributed by atoms with van der Waals surface area (Å²) in [6.07, 6.45) is 0. The number of benzene rings is 2. The van der Waals surface area contributed by atoms with Crippen molar-refractivity contribution in [3.05, 3.63) is 52.6 Å². The molecule has 9 nitrogen and oxygen atoms in total. The van der Waals surface area contributed by atoms with Gasteiger partial charge in [-0.3, -0.25) is 19.7 Å². The van der Waals surface area contributed by atoms with Crippen LogP contribution in [0.1, 0.15) is 13.8 Å². The van der Waals surface area contributed by atoms with E-state index < -0.39 is 11.0 Å². The molecule has 0 spiro atoms. The van der Waals surface area contributed by atoms with Gasteiger partial charge in [-0.1, -0.05) is 6.07 Å². The van der Waals surface area contributed by atoms with Crippen LogP contribution in [0.3, 0.4) is 0 Å². The molecule has 2 aromatic carbocycles. The number of carbonyl (C=O) groups excluding carboxylic acids is 2. The van der Waals surface area contributed by atoms with Gasteiger partial charge >= 0.3 is 0 Å². The van der Waals surface area contributed by atoms with Gasteiger partial charge in [0, 0.05) is 24.4 Å². The molecule has 2 rings (SSSR count). The van der Waals surface area contributed by atoms with Crippen LogP contribution >= 0.6 is 0 Å². The number of ether oxygens (including phenoxy) is 1. The highest BCUT2D eigenvalue weighted by atomic mass is 16.6. The van der Waals surface area contributed by atoms with Crippen molar-refractivity contribution >= 4 is 34.6 Å². The van der Waals surface area contributed by atoms with E-state index in [0.717, 1.165) is 0 Å². The second kappa shape index (κ2) is 8.65. The number of hydrogen-bond donors (Lipinski definition) is 3. The van der Waals surface area contributed by atoms with E-state index >= 15 is 0 Å². The third-order valence-corrected chi connectivity index (χ3v) is 3.61. The van der Waals surface area contributed by atoms with Gasteiger partial charge in [-0.15, -0.1) is 0 Å². The fourth-order valence-electron chi connectivity index (χ4n) is 2.34. The van der Waals surface area contributed by atoms with Crippen LogP contribution < -0.4 is 20.7 Å². The Morgan fingerprint density at radius 2 is 1.81 bits per heavy atom. The summed E-state index contributed by atoms with van der Waals surface area (Å²) in [5.74, 6) is -0.354. The highest BCUT2D eigenvalue weighted by Gasteiger charge is 2.17. The maximum Gasteiger partial charge on any atom is 0.273 e. The van der Waals surface area contributed by atoms with Crippen molar-refractivity contribution in [3.63, 3.8) is 0 Å². The standard InChI is InChI=1S/C18H20N4O5/c1-11(19-13-5-4-6-14(9-13)20-12(2)23)18(24)21-16-8-7-15(22(25)26)10-17(16)27-3/h4-11,19H,1-3H3,(H,20,23)(H,21,24)/t11-/m1/s1. The first-order valence-corrected chi connectivity index (χ1v) is 8.07. The summed E-state index contributed by atoms with van der Waals surface area (Å²) in [4.78, 5) is 33.9. The lowest BCUT2D eigenvalue weighted by Gasteiger charge is -2.17. The molecule has 2 aromatic rings. The van der Waals surface area contributed by atoms with Crippen molar-refractivity contribution < 1.29 is 19.2 Å². The third kappa shape index (κ3) is 5.43. The number of nitrogens with one attached hydrogen (secondary N) is 3. The molecule has 142 valence electrons. The van der Waals surface area contributed by atoms with Crippen molar-refractivity contribution in [3.8, 4) is 5.75 Å². The minimum absolute atomic E-state index is 0.134. The van der Waals surface area contributed by atoms with Crippen LogP contribution in [0.5, 0.6) is 5.75 Å². The lowest BCUT2D eigenvalue weighted by molar-refractivity contribution is -0.384. The van der Waals surface area contributed by atoms with Gasteiger partial charge in [-0.05, 0) is 31.2 Å². The molecule has 1 atom stereocenters. The van der Waals surface area contributed by atoms with E-state index in [1.165, 1.54) is 32.2 Å². The number of anilines is 3. The summed E-state index contributed by atoms with van der Waals surface area (Å²) < 4.78 is 5.11. The fourth-order valence-corrected chi connectivity index (χ4v) is 2.34. The number of hydrogen-bond acceptors (Lipinski definition) is 6. The molecule has 2 amide bonds. The van der Waals surface area contributed by atoms with E-state index in [2.05, 4.69) is 16.0 Å². The Bertz CT molecular complexity index is 869. The van der Waals surface area contributed by atoms with Crippen LogP contribution in [0.25, 0.3) is 0 Å². The Morgan fingerprint density at radius 1 is 1.11 bits per heavy atom. The molecule has 0 heterocycles. The predicted octanol–water partition coefficient (Wildman–Crippen LogP) is 3.00. The van der Waals surface area contributed by atoms with E-state index in [-0.39, 0.29) is 23.3 Å². The largest absolute Gasteiger partial charge is 0.494 e. The summed E-state index contributed by atoms with van der Waals surface area (Å²) in [7, 11) is 1.36. The Labute approximate surface area is 155 Å². The van der Waals surface area contributed by atoms with Crippen LogP contribution in [0.15, 0.2) is 42.5 Å². The van der Waals surface area contributed by atoms with Crippen LogP contribution in [0.2, 0.25) is 0 Å². The number of rotatable bonds is 7. The molecule has 0 fully saturated rings. The molecule has 0 aromatic heterocycles. The van der Waals surface area contributed by atoms with E-state index in [1.807, 2.05) is 0 Å². The minimum atomic E-state index is -0.613. The predicted molar refractivity (Wildman–Crippen MR) is 102 cm³/mol. The van der Waals surface area contributed by atoms with Crippen molar-refractivity contribution in [1.82, 2.24) is 0 Å². The van der Waals surface area contributed by atoms with Gasteiger partial charge in [0.05, 0.1) is 23.8 Å². The summed E-state index contributed by atoms with van der Waals surface area (Å²) in [6, 6.07) is 10.3. The minimum Gasteiger partial charge on any atom is -0.494 e. The zero-order valence-corrected chi connectivity index (χ0v) is 15.1. The van der Waals surface area contributed by atoms with Gasteiger partial charge in [0.25, 0.3) is 5.69 Å². The molecule has 0 aliphatic rings. The maximum atomic E-state index is 12.4. The first-order chi connectivity index (χ1) is 12.8. The number of non-ortho nitro benzene ring substituents is 1. The number of amides is 2. The number of nitro groups is 1. The van der Waals surface area contributed by atoms with Crippen molar-refractivity contribution in [2.24, 2.45) is 0 Å². The zero-order chi connectivity index (χ0) is 20.0. The van der Waals surface area contributed by atoms with Gasteiger partial charge in [-0.25, -0.2) is 0 Å². The monoisotopic (exact) mass is 372 g/mol. The number of nitro benzene ring substituents is 1. The van der Waals surface area contributed by atoms with Gasteiger partial charge < -0.3 is 20.7 Å². The van der Waals surface area contributed by atoms with Crippen LogP contribution in [-0.2, 0) is 9.59 Å². The summed E-state index contributed by atoms with van der Waals surface area (Å²) in [5, 5.41) is 19.2. The molecule has 0 radical (unpaired) electrons.